The Morgan fingerprint density at radius 3 is 2.64 bits per heavy atom. The van der Waals surface area contributed by atoms with E-state index < -0.39 is 5.54 Å². The van der Waals surface area contributed by atoms with E-state index >= 15 is 0 Å². The second-order valence-electron chi connectivity index (χ2n) is 9.48. The van der Waals surface area contributed by atoms with Gasteiger partial charge < -0.3 is 15.6 Å². The molecule has 2 aromatic carbocycles. The predicted molar refractivity (Wildman–Crippen MR) is 135 cm³/mol. The van der Waals surface area contributed by atoms with Gasteiger partial charge in [0, 0.05) is 29.7 Å². The van der Waals surface area contributed by atoms with Gasteiger partial charge in [-0.25, -0.2) is 5.43 Å². The summed E-state index contributed by atoms with van der Waals surface area (Å²) in [5.41, 5.74) is 15.2. The summed E-state index contributed by atoms with van der Waals surface area (Å²) in [4.78, 5) is 14.9. The van der Waals surface area contributed by atoms with E-state index in [4.69, 9.17) is 28.9 Å². The molecule has 1 atom stereocenters. The van der Waals surface area contributed by atoms with Crippen molar-refractivity contribution in [2.75, 3.05) is 18.1 Å². The van der Waals surface area contributed by atoms with Crippen molar-refractivity contribution >= 4 is 40.4 Å². The minimum Gasteiger partial charge on any atom is -0.337 e. The zero-order chi connectivity index (χ0) is 23.2. The van der Waals surface area contributed by atoms with Crippen molar-refractivity contribution < 1.29 is 4.79 Å². The third kappa shape index (κ3) is 4.28. The van der Waals surface area contributed by atoms with Gasteiger partial charge in [0.25, 0.3) is 0 Å². The van der Waals surface area contributed by atoms with Crippen LogP contribution in [0.25, 0.3) is 5.57 Å². The standard InChI is InChI=1S/C26H30Cl2N4O/c1-17(22-7-6-21(27)15-23(22)28)32-24-14-19(4-5-20(24)16-30-32)18-8-12-31(13-9-18)25(33)26(29)10-2-3-11-26/h4-8,14-15,17,30H,2-3,9-13,16,29H2,1H3/t17-/m1/s1. The first-order valence-electron chi connectivity index (χ1n) is 11.7. The van der Waals surface area contributed by atoms with Crippen LogP contribution >= 0.6 is 23.2 Å². The largest absolute Gasteiger partial charge is 0.337 e. The molecule has 2 heterocycles. The molecule has 1 fully saturated rings. The van der Waals surface area contributed by atoms with Crippen LogP contribution in [-0.4, -0.2) is 29.4 Å². The minimum atomic E-state index is -0.649. The second kappa shape index (κ2) is 8.95. The fourth-order valence-corrected chi connectivity index (χ4v) is 5.93. The van der Waals surface area contributed by atoms with E-state index in [1.54, 1.807) is 6.07 Å². The summed E-state index contributed by atoms with van der Waals surface area (Å²) in [6, 6.07) is 12.3. The van der Waals surface area contributed by atoms with Crippen molar-refractivity contribution in [3.63, 3.8) is 0 Å². The highest BCUT2D eigenvalue weighted by atomic mass is 35.5. The number of anilines is 1. The average Bonchev–Trinajstić information content (AvgIpc) is 3.45. The highest BCUT2D eigenvalue weighted by Gasteiger charge is 2.40. The molecule has 33 heavy (non-hydrogen) atoms. The van der Waals surface area contributed by atoms with Gasteiger partial charge in [-0.1, -0.05) is 60.3 Å². The second-order valence-corrected chi connectivity index (χ2v) is 10.3. The van der Waals surface area contributed by atoms with Crippen molar-refractivity contribution in [3.8, 4) is 0 Å². The van der Waals surface area contributed by atoms with E-state index in [0.29, 0.717) is 16.6 Å². The SMILES string of the molecule is C[C@H](c1ccc(Cl)cc1Cl)N1NCc2ccc(C3=CCN(C(=O)C4(N)CCCC4)CC3)cc21. The number of nitrogens with one attached hydrogen (secondary N) is 1. The van der Waals surface area contributed by atoms with Gasteiger partial charge in [0.1, 0.15) is 0 Å². The number of benzene rings is 2. The molecule has 5 rings (SSSR count). The van der Waals surface area contributed by atoms with E-state index in [1.807, 2.05) is 17.0 Å². The first-order chi connectivity index (χ1) is 15.9. The molecule has 5 nitrogen and oxygen atoms in total. The molecule has 0 bridgehead atoms. The van der Waals surface area contributed by atoms with Crippen LogP contribution in [0.5, 0.6) is 0 Å². The first kappa shape index (κ1) is 22.7. The molecule has 1 saturated carbocycles. The van der Waals surface area contributed by atoms with Crippen LogP contribution in [-0.2, 0) is 11.3 Å². The highest BCUT2D eigenvalue weighted by molar-refractivity contribution is 6.35. The van der Waals surface area contributed by atoms with Gasteiger partial charge in [0.15, 0.2) is 0 Å². The van der Waals surface area contributed by atoms with Gasteiger partial charge in [-0.05, 0) is 66.6 Å². The molecule has 0 radical (unpaired) electrons. The molecule has 0 spiro atoms. The van der Waals surface area contributed by atoms with E-state index in [-0.39, 0.29) is 11.9 Å². The third-order valence-electron chi connectivity index (χ3n) is 7.37. The Labute approximate surface area is 205 Å². The van der Waals surface area contributed by atoms with Gasteiger partial charge in [-0.2, -0.15) is 0 Å². The zero-order valence-electron chi connectivity index (χ0n) is 18.9. The number of nitrogens with zero attached hydrogens (tertiary/aromatic N) is 2. The highest BCUT2D eigenvalue weighted by Crippen LogP contribution is 2.38. The number of hydrogen-bond acceptors (Lipinski definition) is 4. The molecule has 0 unspecified atom stereocenters. The Morgan fingerprint density at radius 1 is 1.15 bits per heavy atom. The Morgan fingerprint density at radius 2 is 1.94 bits per heavy atom. The topological polar surface area (TPSA) is 61.6 Å². The van der Waals surface area contributed by atoms with Crippen molar-refractivity contribution in [1.29, 1.82) is 0 Å². The molecule has 174 valence electrons. The maximum atomic E-state index is 13.0. The van der Waals surface area contributed by atoms with Crippen LogP contribution in [0.3, 0.4) is 0 Å². The number of fused-ring (bicyclic) bond motifs is 1. The Balaban J connectivity index is 1.35. The first-order valence-corrected chi connectivity index (χ1v) is 12.5. The van der Waals surface area contributed by atoms with Crippen LogP contribution in [0.2, 0.25) is 10.0 Å². The molecule has 2 aromatic rings. The monoisotopic (exact) mass is 484 g/mol. The quantitative estimate of drug-likeness (QED) is 0.603. The van der Waals surface area contributed by atoms with Crippen molar-refractivity contribution in [3.05, 3.63) is 69.2 Å². The van der Waals surface area contributed by atoms with E-state index in [9.17, 15) is 4.79 Å². The van der Waals surface area contributed by atoms with Crippen LogP contribution in [0, 0.1) is 0 Å². The van der Waals surface area contributed by atoms with Crippen LogP contribution in [0.4, 0.5) is 5.69 Å². The van der Waals surface area contributed by atoms with Crippen molar-refractivity contribution in [1.82, 2.24) is 10.3 Å². The number of hydrogen-bond donors (Lipinski definition) is 2. The summed E-state index contributed by atoms with van der Waals surface area (Å²) in [5, 5.41) is 3.49. The van der Waals surface area contributed by atoms with Crippen LogP contribution in [0.15, 0.2) is 42.5 Å². The Kier molecular flexibility index (Phi) is 6.17. The molecule has 2 aliphatic heterocycles. The predicted octanol–water partition coefficient (Wildman–Crippen LogP) is 5.47. The molecule has 1 aliphatic carbocycles. The van der Waals surface area contributed by atoms with Crippen LogP contribution < -0.4 is 16.2 Å². The molecule has 3 N–H and O–H groups in total. The Hall–Kier alpha value is -2.05. The van der Waals surface area contributed by atoms with Crippen molar-refractivity contribution in [2.24, 2.45) is 5.73 Å². The van der Waals surface area contributed by atoms with E-state index in [2.05, 4.69) is 41.6 Å². The van der Waals surface area contributed by atoms with Gasteiger partial charge in [0.2, 0.25) is 5.91 Å². The number of rotatable bonds is 4. The number of amides is 1. The number of carbonyl (C=O) groups excluding carboxylic acids is 1. The summed E-state index contributed by atoms with van der Waals surface area (Å²) in [5.74, 6) is 0.119. The van der Waals surface area contributed by atoms with Gasteiger partial charge in [-0.15, -0.1) is 0 Å². The van der Waals surface area contributed by atoms with Crippen LogP contribution in [0.1, 0.15) is 61.8 Å². The van der Waals surface area contributed by atoms with Gasteiger partial charge in [-0.3, -0.25) is 4.79 Å². The smallest absolute Gasteiger partial charge is 0.242 e. The zero-order valence-corrected chi connectivity index (χ0v) is 20.4. The number of nitrogens with two attached hydrogens (primary N) is 1. The summed E-state index contributed by atoms with van der Waals surface area (Å²) >= 11 is 12.6. The molecular weight excluding hydrogens is 455 g/mol. The Bertz CT molecular complexity index is 1110. The lowest BCUT2D eigenvalue weighted by atomic mass is 9.94. The molecular formula is C26H30Cl2N4O. The molecule has 0 aromatic heterocycles. The summed E-state index contributed by atoms with van der Waals surface area (Å²) < 4.78 is 0. The lowest BCUT2D eigenvalue weighted by Gasteiger charge is -2.34. The summed E-state index contributed by atoms with van der Waals surface area (Å²) in [6.07, 6.45) is 6.75. The third-order valence-corrected chi connectivity index (χ3v) is 7.94. The lowest BCUT2D eigenvalue weighted by Crippen LogP contribution is -2.54. The summed E-state index contributed by atoms with van der Waals surface area (Å²) in [7, 11) is 0. The molecule has 1 amide bonds. The summed E-state index contributed by atoms with van der Waals surface area (Å²) in [6.45, 7) is 4.27. The van der Waals surface area contributed by atoms with E-state index in [1.165, 1.54) is 16.7 Å². The van der Waals surface area contributed by atoms with E-state index in [0.717, 1.165) is 56.4 Å². The molecule has 7 heteroatoms. The molecule has 0 saturated heterocycles. The maximum absolute atomic E-state index is 13.0. The van der Waals surface area contributed by atoms with Gasteiger partial charge in [0.05, 0.1) is 17.3 Å². The fourth-order valence-electron chi connectivity index (χ4n) is 5.37. The lowest BCUT2D eigenvalue weighted by molar-refractivity contribution is -0.136. The fraction of sp³-hybridized carbons (Fsp3) is 0.423. The number of halogens is 2. The normalized spacial score (nSPS) is 20.5. The average molecular weight is 485 g/mol. The van der Waals surface area contributed by atoms with Crippen molar-refractivity contribution in [2.45, 2.75) is 57.2 Å². The molecule has 3 aliphatic rings. The minimum absolute atomic E-state index is 0.0480. The maximum Gasteiger partial charge on any atom is 0.242 e. The van der Waals surface area contributed by atoms with Gasteiger partial charge >= 0.3 is 0 Å². The number of hydrazine groups is 1. The number of carbonyl (C=O) groups is 1.